The van der Waals surface area contributed by atoms with E-state index in [2.05, 4.69) is 9.97 Å². The molecule has 7 heteroatoms. The van der Waals surface area contributed by atoms with Crippen LogP contribution in [0.2, 0.25) is 0 Å². The number of carbonyl (C=O) groups is 1. The summed E-state index contributed by atoms with van der Waals surface area (Å²) in [5.74, 6) is -0.927. The SMILES string of the molecule is Cc1cc(OC2CCCN(C(=O)c3ccc(F)cc3F)C2)nc(C)n1. The average Bonchev–Trinajstić information content (AvgIpc) is 2.53. The fourth-order valence-electron chi connectivity index (χ4n) is 2.97. The normalized spacial score (nSPS) is 17.4. The predicted molar refractivity (Wildman–Crippen MR) is 87.4 cm³/mol. The molecule has 1 amide bonds. The van der Waals surface area contributed by atoms with Crippen molar-refractivity contribution in [2.45, 2.75) is 32.8 Å². The molecule has 5 nitrogen and oxygen atoms in total. The van der Waals surface area contributed by atoms with E-state index in [-0.39, 0.29) is 11.7 Å². The lowest BCUT2D eigenvalue weighted by Gasteiger charge is -2.32. The zero-order valence-electron chi connectivity index (χ0n) is 14.1. The molecule has 132 valence electrons. The first kappa shape index (κ1) is 17.3. The molecule has 0 saturated carbocycles. The first-order valence-corrected chi connectivity index (χ1v) is 8.15. The van der Waals surface area contributed by atoms with Gasteiger partial charge in [-0.25, -0.2) is 13.8 Å². The number of amides is 1. The smallest absolute Gasteiger partial charge is 0.256 e. The first-order chi connectivity index (χ1) is 11.9. The Bertz CT molecular complexity index is 778. The number of aryl methyl sites for hydroxylation is 2. The molecule has 1 atom stereocenters. The molecule has 1 aliphatic heterocycles. The number of piperidine rings is 1. The quantitative estimate of drug-likeness (QED) is 0.856. The number of hydrogen-bond acceptors (Lipinski definition) is 4. The summed E-state index contributed by atoms with van der Waals surface area (Å²) in [5.41, 5.74) is 0.676. The van der Waals surface area contributed by atoms with Crippen molar-refractivity contribution < 1.29 is 18.3 Å². The highest BCUT2D eigenvalue weighted by atomic mass is 19.1. The largest absolute Gasteiger partial charge is 0.472 e. The first-order valence-electron chi connectivity index (χ1n) is 8.15. The molecule has 0 N–H and O–H groups in total. The zero-order chi connectivity index (χ0) is 18.0. The number of nitrogens with zero attached hydrogens (tertiary/aromatic N) is 3. The Morgan fingerprint density at radius 3 is 2.76 bits per heavy atom. The van der Waals surface area contributed by atoms with E-state index in [9.17, 15) is 13.6 Å². The molecule has 1 aromatic carbocycles. The van der Waals surface area contributed by atoms with E-state index in [0.29, 0.717) is 24.8 Å². The molecular formula is C18H19F2N3O2. The highest BCUT2D eigenvalue weighted by Crippen LogP contribution is 2.20. The van der Waals surface area contributed by atoms with Crippen molar-refractivity contribution in [1.29, 1.82) is 0 Å². The predicted octanol–water partition coefficient (Wildman–Crippen LogP) is 3.06. The van der Waals surface area contributed by atoms with Gasteiger partial charge in [0, 0.05) is 24.4 Å². The summed E-state index contributed by atoms with van der Waals surface area (Å²) in [6.07, 6.45) is 1.29. The maximum absolute atomic E-state index is 13.9. The minimum absolute atomic E-state index is 0.129. The lowest BCUT2D eigenvalue weighted by atomic mass is 10.1. The summed E-state index contributed by atoms with van der Waals surface area (Å²) in [5, 5.41) is 0. The molecule has 0 radical (unpaired) electrons. The highest BCUT2D eigenvalue weighted by Gasteiger charge is 2.27. The number of benzene rings is 1. The van der Waals surface area contributed by atoms with E-state index in [4.69, 9.17) is 4.74 Å². The average molecular weight is 347 g/mol. The van der Waals surface area contributed by atoms with Gasteiger partial charge in [0.1, 0.15) is 23.6 Å². The van der Waals surface area contributed by atoms with Crippen LogP contribution in [-0.4, -0.2) is 40.0 Å². The van der Waals surface area contributed by atoms with Crippen LogP contribution in [0, 0.1) is 25.5 Å². The number of likely N-dealkylation sites (tertiary alicyclic amines) is 1. The van der Waals surface area contributed by atoms with Gasteiger partial charge in [-0.2, -0.15) is 4.98 Å². The number of halogens is 2. The molecule has 1 unspecified atom stereocenters. The van der Waals surface area contributed by atoms with Gasteiger partial charge in [-0.1, -0.05) is 0 Å². The van der Waals surface area contributed by atoms with Gasteiger partial charge in [-0.3, -0.25) is 4.79 Å². The summed E-state index contributed by atoms with van der Waals surface area (Å²) in [7, 11) is 0. The molecule has 1 fully saturated rings. The van der Waals surface area contributed by atoms with Gasteiger partial charge in [0.25, 0.3) is 5.91 Å². The van der Waals surface area contributed by atoms with Crippen LogP contribution in [0.25, 0.3) is 0 Å². The topological polar surface area (TPSA) is 55.3 Å². The maximum atomic E-state index is 13.9. The lowest BCUT2D eigenvalue weighted by molar-refractivity contribution is 0.0522. The maximum Gasteiger partial charge on any atom is 0.256 e. The second-order valence-corrected chi connectivity index (χ2v) is 6.15. The summed E-state index contributed by atoms with van der Waals surface area (Å²) >= 11 is 0. The molecule has 1 saturated heterocycles. The van der Waals surface area contributed by atoms with Crippen LogP contribution in [0.4, 0.5) is 8.78 Å². The second kappa shape index (κ2) is 7.13. The van der Waals surface area contributed by atoms with E-state index in [0.717, 1.165) is 30.7 Å². The van der Waals surface area contributed by atoms with Gasteiger partial charge in [0.15, 0.2) is 0 Å². The third-order valence-electron chi connectivity index (χ3n) is 4.06. The Morgan fingerprint density at radius 2 is 2.04 bits per heavy atom. The Morgan fingerprint density at radius 1 is 1.24 bits per heavy atom. The van der Waals surface area contributed by atoms with E-state index >= 15 is 0 Å². The molecule has 0 spiro atoms. The minimum Gasteiger partial charge on any atom is -0.472 e. The van der Waals surface area contributed by atoms with Crippen molar-refractivity contribution in [3.8, 4) is 5.88 Å². The van der Waals surface area contributed by atoms with Crippen LogP contribution in [0.1, 0.15) is 34.7 Å². The van der Waals surface area contributed by atoms with Crippen LogP contribution >= 0.6 is 0 Å². The summed E-state index contributed by atoms with van der Waals surface area (Å²) in [4.78, 5) is 22.5. The monoisotopic (exact) mass is 347 g/mol. The summed E-state index contributed by atoms with van der Waals surface area (Å²) < 4.78 is 32.8. The van der Waals surface area contributed by atoms with Crippen LogP contribution in [0.15, 0.2) is 24.3 Å². The van der Waals surface area contributed by atoms with Crippen molar-refractivity contribution in [1.82, 2.24) is 14.9 Å². The number of rotatable bonds is 3. The summed E-state index contributed by atoms with van der Waals surface area (Å²) in [6, 6.07) is 4.72. The van der Waals surface area contributed by atoms with Crippen LogP contribution in [-0.2, 0) is 0 Å². The Balaban J connectivity index is 1.71. The Labute approximate surface area is 144 Å². The zero-order valence-corrected chi connectivity index (χ0v) is 14.1. The van der Waals surface area contributed by atoms with Gasteiger partial charge >= 0.3 is 0 Å². The number of aromatic nitrogens is 2. The van der Waals surface area contributed by atoms with Gasteiger partial charge in [-0.15, -0.1) is 0 Å². The van der Waals surface area contributed by atoms with Gasteiger partial charge in [0.05, 0.1) is 12.1 Å². The number of carbonyl (C=O) groups excluding carboxylic acids is 1. The lowest BCUT2D eigenvalue weighted by Crippen LogP contribution is -2.44. The van der Waals surface area contributed by atoms with E-state index in [1.54, 1.807) is 13.0 Å². The van der Waals surface area contributed by atoms with Crippen LogP contribution < -0.4 is 4.74 Å². The third-order valence-corrected chi connectivity index (χ3v) is 4.06. The molecule has 0 bridgehead atoms. The molecule has 1 aromatic heterocycles. The van der Waals surface area contributed by atoms with Crippen molar-refractivity contribution >= 4 is 5.91 Å². The number of ether oxygens (including phenoxy) is 1. The van der Waals surface area contributed by atoms with Crippen molar-refractivity contribution in [3.05, 3.63) is 53.0 Å². The Hall–Kier alpha value is -2.57. The minimum atomic E-state index is -0.852. The van der Waals surface area contributed by atoms with Gasteiger partial charge in [0.2, 0.25) is 5.88 Å². The van der Waals surface area contributed by atoms with Crippen molar-refractivity contribution in [2.75, 3.05) is 13.1 Å². The van der Waals surface area contributed by atoms with Gasteiger partial charge < -0.3 is 9.64 Å². The molecule has 3 rings (SSSR count). The standard InChI is InChI=1S/C18H19F2N3O2/c1-11-8-17(22-12(2)21-11)25-14-4-3-7-23(10-14)18(24)15-6-5-13(19)9-16(15)20/h5-6,8-9,14H,3-4,7,10H2,1-2H3. The van der Waals surface area contributed by atoms with Gasteiger partial charge in [-0.05, 0) is 38.8 Å². The molecule has 2 aromatic rings. The van der Waals surface area contributed by atoms with E-state index < -0.39 is 17.5 Å². The van der Waals surface area contributed by atoms with E-state index in [1.807, 2.05) is 6.92 Å². The van der Waals surface area contributed by atoms with Crippen molar-refractivity contribution in [3.63, 3.8) is 0 Å². The molecule has 1 aliphatic rings. The van der Waals surface area contributed by atoms with Crippen molar-refractivity contribution in [2.24, 2.45) is 0 Å². The fraction of sp³-hybridized carbons (Fsp3) is 0.389. The molecular weight excluding hydrogens is 328 g/mol. The summed E-state index contributed by atoms with van der Waals surface area (Å²) in [6.45, 7) is 4.48. The fourth-order valence-corrected chi connectivity index (χ4v) is 2.97. The van der Waals surface area contributed by atoms with E-state index in [1.165, 1.54) is 11.0 Å². The third kappa shape index (κ3) is 4.10. The second-order valence-electron chi connectivity index (χ2n) is 6.15. The van der Waals surface area contributed by atoms with Crippen LogP contribution in [0.5, 0.6) is 5.88 Å². The Kier molecular flexibility index (Phi) is 4.92. The molecule has 2 heterocycles. The van der Waals surface area contributed by atoms with Crippen LogP contribution in [0.3, 0.4) is 0 Å². The molecule has 25 heavy (non-hydrogen) atoms. The number of hydrogen-bond donors (Lipinski definition) is 0. The molecule has 0 aliphatic carbocycles. The highest BCUT2D eigenvalue weighted by molar-refractivity contribution is 5.94.